The van der Waals surface area contributed by atoms with E-state index in [9.17, 15) is 9.59 Å². The number of hydrogen-bond acceptors (Lipinski definition) is 5. The summed E-state index contributed by atoms with van der Waals surface area (Å²) in [6, 6.07) is 20.1. The van der Waals surface area contributed by atoms with Crippen molar-refractivity contribution >= 4 is 28.6 Å². The molecule has 7 heteroatoms. The number of anilines is 1. The van der Waals surface area contributed by atoms with Crippen LogP contribution in [-0.2, 0) is 6.61 Å². The molecule has 1 N–H and O–H groups in total. The second-order valence-electron chi connectivity index (χ2n) is 6.40. The molecule has 0 spiro atoms. The summed E-state index contributed by atoms with van der Waals surface area (Å²) in [5.74, 6) is 0.122. The number of carbonyl (C=O) groups excluding carboxylic acids is 2. The summed E-state index contributed by atoms with van der Waals surface area (Å²) in [6.07, 6.45) is 1.54. The molecule has 0 saturated heterocycles. The smallest absolute Gasteiger partial charge is 0.285 e. The van der Waals surface area contributed by atoms with E-state index >= 15 is 0 Å². The zero-order valence-corrected chi connectivity index (χ0v) is 17.0. The molecule has 0 fully saturated rings. The minimum Gasteiger partial charge on any atom is -0.473 e. The molecule has 2 aromatic carbocycles. The highest BCUT2D eigenvalue weighted by atomic mass is 32.2. The van der Waals surface area contributed by atoms with E-state index in [1.165, 1.54) is 4.90 Å². The molecule has 3 rings (SSSR count). The molecule has 6 nitrogen and oxygen atoms in total. The van der Waals surface area contributed by atoms with Gasteiger partial charge in [-0.15, -0.1) is 0 Å². The highest BCUT2D eigenvalue weighted by Gasteiger charge is 2.10. The van der Waals surface area contributed by atoms with E-state index in [4.69, 9.17) is 4.74 Å². The van der Waals surface area contributed by atoms with Gasteiger partial charge in [0.1, 0.15) is 6.61 Å². The van der Waals surface area contributed by atoms with E-state index in [0.717, 1.165) is 22.2 Å². The number of thioether (sulfide) groups is 1. The third kappa shape index (κ3) is 6.08. The largest absolute Gasteiger partial charge is 0.473 e. The van der Waals surface area contributed by atoms with E-state index in [1.807, 2.05) is 30.3 Å². The lowest BCUT2D eigenvalue weighted by molar-refractivity contribution is 0.102. The fraction of sp³-hybridized carbons (Fsp3) is 0.136. The number of nitrogens with one attached hydrogen (secondary N) is 1. The van der Waals surface area contributed by atoms with Crippen LogP contribution in [0.1, 0.15) is 15.9 Å². The van der Waals surface area contributed by atoms with Gasteiger partial charge in [-0.05, 0) is 47.7 Å². The van der Waals surface area contributed by atoms with Crippen molar-refractivity contribution in [2.45, 2.75) is 11.5 Å². The molecule has 148 valence electrons. The first-order valence-electron chi connectivity index (χ1n) is 8.94. The van der Waals surface area contributed by atoms with Crippen LogP contribution in [0.5, 0.6) is 5.88 Å². The first-order valence-corrected chi connectivity index (χ1v) is 9.76. The number of aromatic nitrogens is 1. The fourth-order valence-electron chi connectivity index (χ4n) is 2.36. The maximum absolute atomic E-state index is 12.5. The number of carbonyl (C=O) groups is 2. The Hall–Kier alpha value is -3.32. The van der Waals surface area contributed by atoms with Crippen molar-refractivity contribution in [1.29, 1.82) is 0 Å². The molecular formula is C22H21N3O3S. The van der Waals surface area contributed by atoms with E-state index in [2.05, 4.69) is 10.3 Å². The van der Waals surface area contributed by atoms with Gasteiger partial charge in [-0.1, -0.05) is 30.3 Å². The number of benzene rings is 2. The SMILES string of the molecule is CN(C)C(=O)Sc1ccc(NC(=O)c2ccnc(OCc3ccccc3)c2)cc1. The molecule has 2 amide bonds. The molecule has 1 heterocycles. The molecule has 0 radical (unpaired) electrons. The zero-order valence-electron chi connectivity index (χ0n) is 16.2. The van der Waals surface area contributed by atoms with E-state index in [0.29, 0.717) is 23.7 Å². The Kier molecular flexibility index (Phi) is 6.86. The third-order valence-corrected chi connectivity index (χ3v) is 4.96. The summed E-state index contributed by atoms with van der Waals surface area (Å²) in [5.41, 5.74) is 2.11. The average molecular weight is 407 g/mol. The van der Waals surface area contributed by atoms with Gasteiger partial charge in [0.15, 0.2) is 0 Å². The first kappa shape index (κ1) is 20.4. The van der Waals surface area contributed by atoms with Crippen molar-refractivity contribution in [3.8, 4) is 5.88 Å². The second-order valence-corrected chi connectivity index (χ2v) is 7.42. The molecule has 0 bridgehead atoms. The van der Waals surface area contributed by atoms with Crippen molar-refractivity contribution in [2.75, 3.05) is 19.4 Å². The van der Waals surface area contributed by atoms with Gasteiger partial charge in [0.2, 0.25) is 5.88 Å². The monoisotopic (exact) mass is 407 g/mol. The van der Waals surface area contributed by atoms with Crippen LogP contribution in [0.4, 0.5) is 10.5 Å². The van der Waals surface area contributed by atoms with Crippen molar-refractivity contribution in [1.82, 2.24) is 9.88 Å². The quantitative estimate of drug-likeness (QED) is 0.601. The maximum atomic E-state index is 12.5. The molecule has 0 unspecified atom stereocenters. The second kappa shape index (κ2) is 9.75. The van der Waals surface area contributed by atoms with E-state index in [-0.39, 0.29) is 11.1 Å². The molecule has 0 aliphatic rings. The van der Waals surface area contributed by atoms with Crippen LogP contribution in [-0.4, -0.2) is 35.1 Å². The number of pyridine rings is 1. The summed E-state index contributed by atoms with van der Waals surface area (Å²) in [6.45, 7) is 0.379. The van der Waals surface area contributed by atoms with Gasteiger partial charge >= 0.3 is 0 Å². The van der Waals surface area contributed by atoms with E-state index in [1.54, 1.807) is 56.7 Å². The van der Waals surface area contributed by atoms with Crippen LogP contribution in [0, 0.1) is 0 Å². The van der Waals surface area contributed by atoms with Crippen molar-refractivity contribution in [2.24, 2.45) is 0 Å². The van der Waals surface area contributed by atoms with Gasteiger partial charge in [-0.3, -0.25) is 9.59 Å². The normalized spacial score (nSPS) is 10.3. The first-order chi connectivity index (χ1) is 14.0. The van der Waals surface area contributed by atoms with Crippen molar-refractivity contribution in [3.63, 3.8) is 0 Å². The van der Waals surface area contributed by atoms with Crippen LogP contribution in [0.15, 0.2) is 77.8 Å². The predicted molar refractivity (Wildman–Crippen MR) is 114 cm³/mol. The topological polar surface area (TPSA) is 71.5 Å². The molecule has 29 heavy (non-hydrogen) atoms. The Morgan fingerprint density at radius 3 is 2.45 bits per heavy atom. The van der Waals surface area contributed by atoms with Gasteiger partial charge in [-0.25, -0.2) is 4.98 Å². The highest BCUT2D eigenvalue weighted by Crippen LogP contribution is 2.23. The minimum absolute atomic E-state index is 0.0541. The Morgan fingerprint density at radius 1 is 1.03 bits per heavy atom. The Labute approximate surface area is 173 Å². The van der Waals surface area contributed by atoms with Crippen LogP contribution in [0.3, 0.4) is 0 Å². The van der Waals surface area contributed by atoms with Crippen LogP contribution in [0.2, 0.25) is 0 Å². The maximum Gasteiger partial charge on any atom is 0.285 e. The zero-order chi connectivity index (χ0) is 20.6. The van der Waals surface area contributed by atoms with Gasteiger partial charge < -0.3 is 15.0 Å². The minimum atomic E-state index is -0.262. The van der Waals surface area contributed by atoms with Gasteiger partial charge in [0, 0.05) is 42.5 Å². The van der Waals surface area contributed by atoms with Gasteiger partial charge in [0.25, 0.3) is 11.1 Å². The highest BCUT2D eigenvalue weighted by molar-refractivity contribution is 8.13. The molecule has 0 saturated carbocycles. The fourth-order valence-corrected chi connectivity index (χ4v) is 3.02. The number of amides is 2. The molecule has 0 aliphatic heterocycles. The Bertz CT molecular complexity index is 976. The summed E-state index contributed by atoms with van der Waals surface area (Å²) >= 11 is 1.13. The predicted octanol–water partition coefficient (Wildman–Crippen LogP) is 4.69. The molecule has 3 aromatic rings. The number of nitrogens with zero attached hydrogens (tertiary/aromatic N) is 2. The molecule has 1 aromatic heterocycles. The number of rotatable bonds is 6. The lowest BCUT2D eigenvalue weighted by atomic mass is 10.2. The van der Waals surface area contributed by atoms with Crippen LogP contribution < -0.4 is 10.1 Å². The third-order valence-electron chi connectivity index (χ3n) is 3.91. The molecular weight excluding hydrogens is 386 g/mol. The van der Waals surface area contributed by atoms with Gasteiger partial charge in [-0.2, -0.15) is 0 Å². The van der Waals surface area contributed by atoms with Crippen LogP contribution in [0.25, 0.3) is 0 Å². The molecule has 0 aliphatic carbocycles. The summed E-state index contributed by atoms with van der Waals surface area (Å²) < 4.78 is 5.68. The lowest BCUT2D eigenvalue weighted by Crippen LogP contribution is -2.16. The Morgan fingerprint density at radius 2 is 1.76 bits per heavy atom. The number of hydrogen-bond donors (Lipinski definition) is 1. The Balaban J connectivity index is 1.59. The lowest BCUT2D eigenvalue weighted by Gasteiger charge is -2.10. The van der Waals surface area contributed by atoms with Crippen molar-refractivity contribution < 1.29 is 14.3 Å². The van der Waals surface area contributed by atoms with Crippen LogP contribution >= 0.6 is 11.8 Å². The summed E-state index contributed by atoms with van der Waals surface area (Å²) in [5, 5.41) is 2.78. The average Bonchev–Trinajstić information content (AvgIpc) is 2.74. The van der Waals surface area contributed by atoms with Gasteiger partial charge in [0.05, 0.1) is 0 Å². The molecule has 0 atom stereocenters. The van der Waals surface area contributed by atoms with E-state index < -0.39 is 0 Å². The van der Waals surface area contributed by atoms with Crippen molar-refractivity contribution in [3.05, 3.63) is 84.1 Å². The standard InChI is InChI=1S/C22H21N3O3S/c1-25(2)22(27)29-19-10-8-18(9-11-19)24-21(26)17-12-13-23-20(14-17)28-15-16-6-4-3-5-7-16/h3-14H,15H2,1-2H3,(H,24,26). The number of ether oxygens (including phenoxy) is 1. The summed E-state index contributed by atoms with van der Waals surface area (Å²) in [7, 11) is 3.41. The summed E-state index contributed by atoms with van der Waals surface area (Å²) in [4.78, 5) is 30.7.